The highest BCUT2D eigenvalue weighted by molar-refractivity contribution is 7.98. The Kier molecular flexibility index (Phi) is 5.88. The van der Waals surface area contributed by atoms with Gasteiger partial charge in [0.25, 0.3) is 5.91 Å². The second-order valence-corrected chi connectivity index (χ2v) is 5.76. The van der Waals surface area contributed by atoms with Crippen molar-refractivity contribution in [1.82, 2.24) is 10.2 Å². The van der Waals surface area contributed by atoms with E-state index >= 15 is 0 Å². The molecular weight excluding hydrogens is 272 g/mol. The van der Waals surface area contributed by atoms with Gasteiger partial charge in [-0.15, -0.1) is 11.8 Å². The Morgan fingerprint density at radius 1 is 1.40 bits per heavy atom. The highest BCUT2D eigenvalue weighted by Gasteiger charge is 2.18. The molecule has 0 bridgehead atoms. The summed E-state index contributed by atoms with van der Waals surface area (Å²) in [6, 6.07) is 8.05. The van der Waals surface area contributed by atoms with Crippen LogP contribution in [0.2, 0.25) is 0 Å². The van der Waals surface area contributed by atoms with Gasteiger partial charge in [0, 0.05) is 30.6 Å². The van der Waals surface area contributed by atoms with Crippen molar-refractivity contribution in [2.24, 2.45) is 0 Å². The molecular formula is C15H22N2O2S. The Hall–Kier alpha value is -1.04. The number of carbonyl (C=O) groups excluding carboxylic acids is 1. The third-order valence-corrected chi connectivity index (χ3v) is 4.37. The van der Waals surface area contributed by atoms with Crippen LogP contribution in [0, 0.1) is 0 Å². The number of amides is 1. The summed E-state index contributed by atoms with van der Waals surface area (Å²) in [5, 5.41) is 3.04. The van der Waals surface area contributed by atoms with E-state index in [1.807, 2.05) is 30.5 Å². The first-order valence-corrected chi connectivity index (χ1v) is 8.18. The molecule has 0 unspecified atom stereocenters. The van der Waals surface area contributed by atoms with Crippen molar-refractivity contribution in [2.45, 2.75) is 17.9 Å². The van der Waals surface area contributed by atoms with Crippen LogP contribution in [-0.2, 0) is 4.74 Å². The van der Waals surface area contributed by atoms with Gasteiger partial charge in [-0.05, 0) is 25.3 Å². The van der Waals surface area contributed by atoms with E-state index in [0.29, 0.717) is 12.6 Å². The topological polar surface area (TPSA) is 41.6 Å². The summed E-state index contributed by atoms with van der Waals surface area (Å²) >= 11 is 1.60. The van der Waals surface area contributed by atoms with Crippen LogP contribution in [-0.4, -0.2) is 56.0 Å². The van der Waals surface area contributed by atoms with Gasteiger partial charge >= 0.3 is 0 Å². The average Bonchev–Trinajstić information content (AvgIpc) is 2.53. The van der Waals surface area contributed by atoms with Crippen molar-refractivity contribution >= 4 is 17.7 Å². The number of rotatable bonds is 5. The van der Waals surface area contributed by atoms with Crippen molar-refractivity contribution in [3.63, 3.8) is 0 Å². The van der Waals surface area contributed by atoms with Gasteiger partial charge in [0.05, 0.1) is 18.8 Å². The van der Waals surface area contributed by atoms with Crippen LogP contribution in [0.3, 0.4) is 0 Å². The first kappa shape index (κ1) is 15.4. The number of thioether (sulfide) groups is 1. The van der Waals surface area contributed by atoms with Crippen molar-refractivity contribution in [3.8, 4) is 0 Å². The largest absolute Gasteiger partial charge is 0.379 e. The third-order valence-electron chi connectivity index (χ3n) is 3.58. The van der Waals surface area contributed by atoms with Gasteiger partial charge in [-0.1, -0.05) is 12.1 Å². The average molecular weight is 294 g/mol. The Bertz CT molecular complexity index is 447. The van der Waals surface area contributed by atoms with E-state index in [1.54, 1.807) is 11.8 Å². The van der Waals surface area contributed by atoms with Crippen LogP contribution in [0.25, 0.3) is 0 Å². The fourth-order valence-corrected chi connectivity index (χ4v) is 2.91. The number of hydrogen-bond donors (Lipinski definition) is 1. The number of benzene rings is 1. The minimum Gasteiger partial charge on any atom is -0.379 e. The highest BCUT2D eigenvalue weighted by Crippen LogP contribution is 2.19. The molecule has 1 aromatic rings. The Morgan fingerprint density at radius 2 is 2.10 bits per heavy atom. The summed E-state index contributed by atoms with van der Waals surface area (Å²) in [6.45, 7) is 6.27. The minimum absolute atomic E-state index is 0.00931. The lowest BCUT2D eigenvalue weighted by Gasteiger charge is -2.32. The third kappa shape index (κ3) is 3.98. The molecule has 1 fully saturated rings. The molecule has 1 saturated heterocycles. The standard InChI is InChI=1S/C15H22N2O2S/c1-12(17-7-9-19-10-8-17)11-16-15(18)13-5-3-4-6-14(13)20-2/h3-6,12H,7-11H2,1-2H3,(H,16,18)/t12-/m1/s1. The second-order valence-electron chi connectivity index (χ2n) is 4.91. The fraction of sp³-hybridized carbons (Fsp3) is 0.533. The van der Waals surface area contributed by atoms with Crippen LogP contribution in [0.5, 0.6) is 0 Å². The molecule has 110 valence electrons. The molecule has 1 heterocycles. The maximum absolute atomic E-state index is 12.2. The van der Waals surface area contributed by atoms with Crippen molar-refractivity contribution in [2.75, 3.05) is 39.1 Å². The quantitative estimate of drug-likeness (QED) is 0.842. The van der Waals surface area contributed by atoms with E-state index in [2.05, 4.69) is 17.1 Å². The number of carbonyl (C=O) groups is 1. The highest BCUT2D eigenvalue weighted by atomic mass is 32.2. The van der Waals surface area contributed by atoms with Crippen molar-refractivity contribution < 1.29 is 9.53 Å². The summed E-state index contributed by atoms with van der Waals surface area (Å²) in [5.74, 6) is 0.00931. The van der Waals surface area contributed by atoms with Gasteiger partial charge in [0.2, 0.25) is 0 Å². The van der Waals surface area contributed by atoms with Crippen LogP contribution in [0.1, 0.15) is 17.3 Å². The van der Waals surface area contributed by atoms with E-state index in [1.165, 1.54) is 0 Å². The molecule has 0 radical (unpaired) electrons. The smallest absolute Gasteiger partial charge is 0.252 e. The summed E-state index contributed by atoms with van der Waals surface area (Å²) in [4.78, 5) is 15.6. The first-order valence-electron chi connectivity index (χ1n) is 6.95. The summed E-state index contributed by atoms with van der Waals surface area (Å²) in [6.07, 6.45) is 1.99. The lowest BCUT2D eigenvalue weighted by Crippen LogP contribution is -2.47. The van der Waals surface area contributed by atoms with Gasteiger partial charge in [-0.3, -0.25) is 9.69 Å². The van der Waals surface area contributed by atoms with Crippen LogP contribution < -0.4 is 5.32 Å². The lowest BCUT2D eigenvalue weighted by molar-refractivity contribution is 0.0204. The minimum atomic E-state index is 0.00931. The molecule has 1 N–H and O–H groups in total. The zero-order valence-electron chi connectivity index (χ0n) is 12.1. The van der Waals surface area contributed by atoms with E-state index in [0.717, 1.165) is 36.8 Å². The van der Waals surface area contributed by atoms with Gasteiger partial charge in [0.1, 0.15) is 0 Å². The fourth-order valence-electron chi connectivity index (χ4n) is 2.32. The molecule has 0 aromatic heterocycles. The summed E-state index contributed by atoms with van der Waals surface area (Å²) in [7, 11) is 0. The van der Waals surface area contributed by atoms with Crippen molar-refractivity contribution in [3.05, 3.63) is 29.8 Å². The normalized spacial score (nSPS) is 17.7. The molecule has 1 aliphatic heterocycles. The molecule has 0 saturated carbocycles. The van der Waals surface area contributed by atoms with E-state index in [-0.39, 0.29) is 5.91 Å². The predicted molar refractivity (Wildman–Crippen MR) is 82.4 cm³/mol. The molecule has 1 atom stereocenters. The number of morpholine rings is 1. The number of nitrogens with one attached hydrogen (secondary N) is 1. The molecule has 5 heteroatoms. The second kappa shape index (κ2) is 7.67. The van der Waals surface area contributed by atoms with Crippen LogP contribution in [0.15, 0.2) is 29.2 Å². The van der Waals surface area contributed by atoms with E-state index in [9.17, 15) is 4.79 Å². The van der Waals surface area contributed by atoms with Gasteiger partial charge in [0.15, 0.2) is 0 Å². The first-order chi connectivity index (χ1) is 9.72. The lowest BCUT2D eigenvalue weighted by atomic mass is 10.2. The molecule has 20 heavy (non-hydrogen) atoms. The zero-order chi connectivity index (χ0) is 14.4. The van der Waals surface area contributed by atoms with Crippen LogP contribution >= 0.6 is 11.8 Å². The van der Waals surface area contributed by atoms with Gasteiger partial charge in [-0.2, -0.15) is 0 Å². The molecule has 0 aliphatic carbocycles. The molecule has 1 amide bonds. The van der Waals surface area contributed by atoms with Crippen LogP contribution in [0.4, 0.5) is 0 Å². The summed E-state index contributed by atoms with van der Waals surface area (Å²) in [5.41, 5.74) is 0.758. The Morgan fingerprint density at radius 3 is 2.80 bits per heavy atom. The molecule has 1 aromatic carbocycles. The molecule has 4 nitrogen and oxygen atoms in total. The Balaban J connectivity index is 1.88. The molecule has 0 spiro atoms. The van der Waals surface area contributed by atoms with E-state index < -0.39 is 0 Å². The number of hydrogen-bond acceptors (Lipinski definition) is 4. The molecule has 2 rings (SSSR count). The van der Waals surface area contributed by atoms with Crippen molar-refractivity contribution in [1.29, 1.82) is 0 Å². The number of ether oxygens (including phenoxy) is 1. The summed E-state index contributed by atoms with van der Waals surface area (Å²) < 4.78 is 5.34. The maximum Gasteiger partial charge on any atom is 0.252 e. The predicted octanol–water partition coefficient (Wildman–Crippen LogP) is 1.86. The maximum atomic E-state index is 12.2. The SMILES string of the molecule is CSc1ccccc1C(=O)NC[C@@H](C)N1CCOCC1. The monoisotopic (exact) mass is 294 g/mol. The molecule has 1 aliphatic rings. The Labute approximate surface area is 124 Å². The number of nitrogens with zero attached hydrogens (tertiary/aromatic N) is 1. The van der Waals surface area contributed by atoms with Gasteiger partial charge < -0.3 is 10.1 Å². The zero-order valence-corrected chi connectivity index (χ0v) is 12.9. The van der Waals surface area contributed by atoms with E-state index in [4.69, 9.17) is 4.74 Å². The van der Waals surface area contributed by atoms with Gasteiger partial charge in [-0.25, -0.2) is 0 Å².